The van der Waals surface area contributed by atoms with E-state index in [1.54, 1.807) is 24.3 Å². The number of rotatable bonds is 5. The molecule has 1 aromatic rings. The van der Waals surface area contributed by atoms with E-state index in [2.05, 4.69) is 17.3 Å². The Labute approximate surface area is 155 Å². The van der Waals surface area contributed by atoms with Crippen LogP contribution >= 0.6 is 0 Å². The van der Waals surface area contributed by atoms with Crippen LogP contribution in [0.1, 0.15) is 19.3 Å². The first-order chi connectivity index (χ1) is 12.3. The second-order valence-corrected chi connectivity index (χ2v) is 9.10. The Morgan fingerprint density at radius 3 is 2.65 bits per heavy atom. The summed E-state index contributed by atoms with van der Waals surface area (Å²) in [6.07, 6.45) is 3.56. The summed E-state index contributed by atoms with van der Waals surface area (Å²) in [4.78, 5) is 14.8. The summed E-state index contributed by atoms with van der Waals surface area (Å²) < 4.78 is 31.2. The van der Waals surface area contributed by atoms with Crippen LogP contribution in [0, 0.1) is 5.92 Å². The molecule has 0 aliphatic carbocycles. The summed E-state index contributed by atoms with van der Waals surface area (Å²) in [5, 5.41) is 2.91. The third kappa shape index (κ3) is 4.48. The van der Waals surface area contributed by atoms with Crippen LogP contribution in [-0.2, 0) is 14.8 Å². The van der Waals surface area contributed by atoms with Crippen molar-refractivity contribution in [2.24, 2.45) is 5.92 Å². The van der Waals surface area contributed by atoms with E-state index in [1.807, 2.05) is 0 Å². The van der Waals surface area contributed by atoms with E-state index in [0.29, 0.717) is 23.9 Å². The summed E-state index contributed by atoms with van der Waals surface area (Å²) in [7, 11) is -1.35. The van der Waals surface area contributed by atoms with Crippen LogP contribution in [0.2, 0.25) is 0 Å². The Kier molecular flexibility index (Phi) is 5.72. The number of sulfonamides is 1. The van der Waals surface area contributed by atoms with E-state index in [0.717, 1.165) is 38.6 Å². The van der Waals surface area contributed by atoms with Gasteiger partial charge in [0, 0.05) is 6.54 Å². The van der Waals surface area contributed by atoms with E-state index >= 15 is 0 Å². The largest absolute Gasteiger partial charge is 0.476 e. The predicted octanol–water partition coefficient (Wildman–Crippen LogP) is 1.06. The number of anilines is 1. The number of carbonyl (C=O) groups is 1. The highest BCUT2D eigenvalue weighted by molar-refractivity contribution is 7.92. The molecule has 2 aliphatic rings. The molecule has 1 atom stereocenters. The zero-order valence-corrected chi connectivity index (χ0v) is 16.2. The molecular weight excluding hydrogens is 354 g/mol. The molecule has 0 aromatic heterocycles. The fraction of sp³-hybridized carbons (Fsp3) is 0.611. The van der Waals surface area contributed by atoms with Crippen molar-refractivity contribution in [3.63, 3.8) is 0 Å². The molecule has 0 bridgehead atoms. The van der Waals surface area contributed by atoms with E-state index in [1.165, 1.54) is 4.31 Å². The Bertz CT molecular complexity index is 745. The number of benzene rings is 1. The van der Waals surface area contributed by atoms with E-state index in [4.69, 9.17) is 4.74 Å². The number of para-hydroxylation sites is 2. The zero-order valence-electron chi connectivity index (χ0n) is 15.3. The molecule has 1 unspecified atom stereocenters. The number of fused-ring (bicyclic) bond motifs is 1. The highest BCUT2D eigenvalue weighted by atomic mass is 32.2. The van der Waals surface area contributed by atoms with Gasteiger partial charge in [0.2, 0.25) is 10.0 Å². The first kappa shape index (κ1) is 19.0. The molecule has 1 aromatic carbocycles. The number of ether oxygens (including phenoxy) is 1. The minimum Gasteiger partial charge on any atom is -0.476 e. The van der Waals surface area contributed by atoms with Gasteiger partial charge in [0.15, 0.2) is 6.10 Å². The average Bonchev–Trinajstić information content (AvgIpc) is 2.61. The Morgan fingerprint density at radius 1 is 1.27 bits per heavy atom. The molecule has 1 N–H and O–H groups in total. The number of likely N-dealkylation sites (tertiary alicyclic amines) is 1. The molecule has 2 aliphatic heterocycles. The number of carbonyl (C=O) groups excluding carboxylic acids is 1. The van der Waals surface area contributed by atoms with Crippen LogP contribution in [0.15, 0.2) is 24.3 Å². The van der Waals surface area contributed by atoms with E-state index < -0.39 is 16.1 Å². The summed E-state index contributed by atoms with van der Waals surface area (Å²) in [5.74, 6) is 0.785. The lowest BCUT2D eigenvalue weighted by atomic mass is 9.94. The van der Waals surface area contributed by atoms with Gasteiger partial charge in [0.1, 0.15) is 5.75 Å². The SMILES string of the molecule is CN1CCC(CCNC(=O)C2CN(S(C)(=O)=O)c3ccccc3O2)CC1. The van der Waals surface area contributed by atoms with Crippen LogP contribution in [0.4, 0.5) is 5.69 Å². The van der Waals surface area contributed by atoms with Gasteiger partial charge in [-0.25, -0.2) is 8.42 Å². The molecular formula is C18H27N3O4S. The summed E-state index contributed by atoms with van der Waals surface area (Å²) >= 11 is 0. The van der Waals surface area contributed by atoms with Crippen LogP contribution in [-0.4, -0.2) is 64.8 Å². The molecule has 2 heterocycles. The van der Waals surface area contributed by atoms with Gasteiger partial charge in [-0.05, 0) is 57.5 Å². The van der Waals surface area contributed by atoms with Gasteiger partial charge in [-0.2, -0.15) is 0 Å². The number of nitrogens with one attached hydrogen (secondary N) is 1. The fourth-order valence-corrected chi connectivity index (χ4v) is 4.43. The van der Waals surface area contributed by atoms with E-state index in [9.17, 15) is 13.2 Å². The molecule has 1 amide bonds. The quantitative estimate of drug-likeness (QED) is 0.825. The van der Waals surface area contributed by atoms with Crippen molar-refractivity contribution >= 4 is 21.6 Å². The van der Waals surface area contributed by atoms with Crippen LogP contribution < -0.4 is 14.4 Å². The van der Waals surface area contributed by atoms with Crippen molar-refractivity contribution in [1.29, 1.82) is 0 Å². The minimum atomic E-state index is -3.48. The minimum absolute atomic E-state index is 0.00406. The van der Waals surface area contributed by atoms with Gasteiger partial charge in [0.25, 0.3) is 5.91 Å². The van der Waals surface area contributed by atoms with Gasteiger partial charge >= 0.3 is 0 Å². The maximum Gasteiger partial charge on any atom is 0.263 e. The fourth-order valence-electron chi connectivity index (χ4n) is 3.52. The summed E-state index contributed by atoms with van der Waals surface area (Å²) in [5.41, 5.74) is 0.477. The maximum absolute atomic E-state index is 12.5. The highest BCUT2D eigenvalue weighted by Crippen LogP contribution is 2.34. The van der Waals surface area contributed by atoms with Crippen LogP contribution in [0.25, 0.3) is 0 Å². The smallest absolute Gasteiger partial charge is 0.263 e. The Morgan fingerprint density at radius 2 is 1.96 bits per heavy atom. The third-order valence-electron chi connectivity index (χ3n) is 5.12. The molecule has 1 fully saturated rings. The molecule has 1 saturated heterocycles. The normalized spacial score (nSPS) is 21.8. The summed E-state index contributed by atoms with van der Waals surface area (Å²) in [6, 6.07) is 6.89. The molecule has 0 radical (unpaired) electrons. The monoisotopic (exact) mass is 381 g/mol. The van der Waals surface area contributed by atoms with E-state index in [-0.39, 0.29) is 12.5 Å². The van der Waals surface area contributed by atoms with Gasteiger partial charge in [-0.3, -0.25) is 9.10 Å². The molecule has 0 saturated carbocycles. The van der Waals surface area contributed by atoms with Gasteiger partial charge in [0.05, 0.1) is 18.5 Å². The van der Waals surface area contributed by atoms with Crippen molar-refractivity contribution in [1.82, 2.24) is 10.2 Å². The van der Waals surface area contributed by atoms with Crippen molar-refractivity contribution < 1.29 is 17.9 Å². The summed E-state index contributed by atoms with van der Waals surface area (Å²) in [6.45, 7) is 2.79. The first-order valence-corrected chi connectivity index (χ1v) is 10.9. The molecule has 7 nitrogen and oxygen atoms in total. The van der Waals surface area contributed by atoms with Crippen molar-refractivity contribution in [3.05, 3.63) is 24.3 Å². The number of hydrogen-bond donors (Lipinski definition) is 1. The average molecular weight is 381 g/mol. The number of piperidine rings is 1. The third-order valence-corrected chi connectivity index (χ3v) is 6.26. The molecule has 144 valence electrons. The molecule has 0 spiro atoms. The highest BCUT2D eigenvalue weighted by Gasteiger charge is 2.34. The number of amides is 1. The zero-order chi connectivity index (χ0) is 18.7. The van der Waals surface area contributed by atoms with Gasteiger partial charge in [-0.15, -0.1) is 0 Å². The second kappa shape index (κ2) is 7.84. The van der Waals surface area contributed by atoms with Crippen molar-refractivity contribution in [2.75, 3.05) is 43.8 Å². The number of nitrogens with zero attached hydrogens (tertiary/aromatic N) is 2. The topological polar surface area (TPSA) is 79.0 Å². The van der Waals surface area contributed by atoms with Crippen LogP contribution in [0.5, 0.6) is 5.75 Å². The van der Waals surface area contributed by atoms with Gasteiger partial charge < -0.3 is 15.0 Å². The van der Waals surface area contributed by atoms with Crippen molar-refractivity contribution in [2.45, 2.75) is 25.4 Å². The molecule has 8 heteroatoms. The Hall–Kier alpha value is -1.80. The molecule has 3 rings (SSSR count). The maximum atomic E-state index is 12.5. The first-order valence-electron chi connectivity index (χ1n) is 9.04. The second-order valence-electron chi connectivity index (χ2n) is 7.19. The molecule has 26 heavy (non-hydrogen) atoms. The lowest BCUT2D eigenvalue weighted by molar-refractivity contribution is -0.127. The van der Waals surface area contributed by atoms with Crippen molar-refractivity contribution in [3.8, 4) is 5.75 Å². The lowest BCUT2D eigenvalue weighted by Gasteiger charge is -2.34. The number of hydrogen-bond acceptors (Lipinski definition) is 5. The van der Waals surface area contributed by atoms with Gasteiger partial charge in [-0.1, -0.05) is 12.1 Å². The predicted molar refractivity (Wildman–Crippen MR) is 101 cm³/mol. The lowest BCUT2D eigenvalue weighted by Crippen LogP contribution is -2.50. The Balaban J connectivity index is 1.58. The van der Waals surface area contributed by atoms with Crippen LogP contribution in [0.3, 0.4) is 0 Å². The standard InChI is InChI=1S/C18H27N3O4S/c1-20-11-8-14(9-12-20)7-10-19-18(22)17-13-21(26(2,23)24)15-5-3-4-6-16(15)25-17/h3-6,14,17H,7-13H2,1-2H3,(H,19,22).